The molecule has 0 aromatic heterocycles. The number of hydrogen-bond acceptors (Lipinski definition) is 5. The van der Waals surface area contributed by atoms with Gasteiger partial charge in [0.25, 0.3) is 0 Å². The second-order valence-corrected chi connectivity index (χ2v) is 5.39. The van der Waals surface area contributed by atoms with E-state index < -0.39 is 5.91 Å². The fourth-order valence-corrected chi connectivity index (χ4v) is 2.40. The highest BCUT2D eigenvalue weighted by molar-refractivity contribution is 6.04. The fourth-order valence-electron chi connectivity index (χ4n) is 2.40. The van der Waals surface area contributed by atoms with Crippen LogP contribution in [0.3, 0.4) is 0 Å². The van der Waals surface area contributed by atoms with Crippen molar-refractivity contribution in [1.82, 2.24) is 5.32 Å². The molecule has 2 aromatic carbocycles. The van der Waals surface area contributed by atoms with E-state index in [9.17, 15) is 9.59 Å². The Hall–Kier alpha value is -3.22. The highest BCUT2D eigenvalue weighted by Gasteiger charge is 2.14. The summed E-state index contributed by atoms with van der Waals surface area (Å²) in [5.74, 6) is 1.10. The molecule has 130 valence electrons. The highest BCUT2D eigenvalue weighted by atomic mass is 16.7. The second-order valence-electron chi connectivity index (χ2n) is 5.39. The number of carbonyl (C=O) groups excluding carboxylic acids is 2. The van der Waals surface area contributed by atoms with Gasteiger partial charge in [0.15, 0.2) is 11.5 Å². The Kier molecular flexibility index (Phi) is 5.03. The van der Waals surface area contributed by atoms with Crippen LogP contribution in [0.2, 0.25) is 0 Å². The Morgan fingerprint density at radius 2 is 1.88 bits per heavy atom. The van der Waals surface area contributed by atoms with Crippen molar-refractivity contribution in [3.8, 4) is 17.2 Å². The molecule has 0 saturated heterocycles. The Morgan fingerprint density at radius 3 is 2.72 bits per heavy atom. The van der Waals surface area contributed by atoms with Crippen molar-refractivity contribution >= 4 is 17.5 Å². The van der Waals surface area contributed by atoms with E-state index in [-0.39, 0.29) is 19.1 Å². The first-order valence-electron chi connectivity index (χ1n) is 7.74. The maximum atomic E-state index is 12.0. The molecule has 0 atom stereocenters. The Labute approximate surface area is 144 Å². The summed E-state index contributed by atoms with van der Waals surface area (Å²) in [4.78, 5) is 23.9. The number of nitrogens with one attached hydrogen (secondary N) is 2. The summed E-state index contributed by atoms with van der Waals surface area (Å²) < 4.78 is 15.7. The summed E-state index contributed by atoms with van der Waals surface area (Å²) in [6, 6.07) is 12.4. The van der Waals surface area contributed by atoms with Crippen LogP contribution >= 0.6 is 0 Å². The van der Waals surface area contributed by atoms with Gasteiger partial charge in [0, 0.05) is 6.54 Å². The van der Waals surface area contributed by atoms with Gasteiger partial charge in [-0.2, -0.15) is 0 Å². The quantitative estimate of drug-likeness (QED) is 0.785. The molecule has 2 N–H and O–H groups in total. The molecule has 3 rings (SSSR count). The Bertz CT molecular complexity index is 791. The molecule has 2 aromatic rings. The van der Waals surface area contributed by atoms with Crippen molar-refractivity contribution in [3.05, 3.63) is 48.0 Å². The van der Waals surface area contributed by atoms with E-state index in [0.29, 0.717) is 29.5 Å². The first-order valence-corrected chi connectivity index (χ1v) is 7.74. The largest absolute Gasteiger partial charge is 0.495 e. The average Bonchev–Trinajstić information content (AvgIpc) is 3.08. The number of benzene rings is 2. The monoisotopic (exact) mass is 342 g/mol. The van der Waals surface area contributed by atoms with Crippen molar-refractivity contribution in [2.45, 2.75) is 13.0 Å². The molecule has 0 saturated carbocycles. The van der Waals surface area contributed by atoms with Crippen LogP contribution in [-0.4, -0.2) is 25.7 Å². The zero-order valence-corrected chi connectivity index (χ0v) is 13.7. The van der Waals surface area contributed by atoms with Crippen LogP contribution in [0, 0.1) is 0 Å². The maximum absolute atomic E-state index is 12.0. The zero-order valence-electron chi connectivity index (χ0n) is 13.7. The molecule has 1 aliphatic heterocycles. The lowest BCUT2D eigenvalue weighted by Gasteiger charge is -2.10. The van der Waals surface area contributed by atoms with Gasteiger partial charge in [-0.15, -0.1) is 0 Å². The predicted molar refractivity (Wildman–Crippen MR) is 90.7 cm³/mol. The SMILES string of the molecule is COc1ccccc1NC(=O)CC(=O)NCc1ccc2c(c1)OCO2. The van der Waals surface area contributed by atoms with Crippen molar-refractivity contribution in [1.29, 1.82) is 0 Å². The number of hydrogen-bond donors (Lipinski definition) is 2. The Balaban J connectivity index is 1.49. The van der Waals surface area contributed by atoms with Gasteiger partial charge in [0.1, 0.15) is 12.2 Å². The fraction of sp³-hybridized carbons (Fsp3) is 0.222. The van der Waals surface area contributed by atoms with Crippen LogP contribution < -0.4 is 24.8 Å². The van der Waals surface area contributed by atoms with Gasteiger partial charge in [-0.25, -0.2) is 0 Å². The molecular weight excluding hydrogens is 324 g/mol. The maximum Gasteiger partial charge on any atom is 0.233 e. The Morgan fingerprint density at radius 1 is 1.08 bits per heavy atom. The third kappa shape index (κ3) is 4.20. The number of fused-ring (bicyclic) bond motifs is 1. The minimum absolute atomic E-state index is 0.203. The topological polar surface area (TPSA) is 85.9 Å². The van der Waals surface area contributed by atoms with Crippen LogP contribution in [0.5, 0.6) is 17.2 Å². The van der Waals surface area contributed by atoms with E-state index in [1.54, 1.807) is 36.4 Å². The number of methoxy groups -OCH3 is 1. The number of rotatable bonds is 6. The van der Waals surface area contributed by atoms with Crippen LogP contribution in [-0.2, 0) is 16.1 Å². The minimum Gasteiger partial charge on any atom is -0.495 e. The lowest BCUT2D eigenvalue weighted by molar-refractivity contribution is -0.126. The minimum atomic E-state index is -0.410. The van der Waals surface area contributed by atoms with Gasteiger partial charge in [-0.1, -0.05) is 18.2 Å². The molecule has 1 heterocycles. The van der Waals surface area contributed by atoms with Crippen LogP contribution in [0.25, 0.3) is 0 Å². The molecule has 0 bridgehead atoms. The van der Waals surface area contributed by atoms with Crippen molar-refractivity contribution in [2.75, 3.05) is 19.2 Å². The third-order valence-corrected chi connectivity index (χ3v) is 3.63. The molecule has 1 aliphatic rings. The standard InChI is InChI=1S/C18H18N2O5/c1-23-14-5-3-2-4-13(14)20-18(22)9-17(21)19-10-12-6-7-15-16(8-12)25-11-24-15/h2-8H,9-11H2,1H3,(H,19,21)(H,20,22). The molecule has 7 nitrogen and oxygen atoms in total. The lowest BCUT2D eigenvalue weighted by atomic mass is 10.2. The van der Waals surface area contributed by atoms with Crippen molar-refractivity contribution in [2.24, 2.45) is 0 Å². The van der Waals surface area contributed by atoms with Gasteiger partial charge < -0.3 is 24.8 Å². The smallest absolute Gasteiger partial charge is 0.233 e. The predicted octanol–water partition coefficient (Wildman–Crippen LogP) is 2.07. The van der Waals surface area contributed by atoms with Crippen LogP contribution in [0.15, 0.2) is 42.5 Å². The summed E-state index contributed by atoms with van der Waals surface area (Å²) in [5, 5.41) is 5.37. The number of para-hydroxylation sites is 2. The van der Waals surface area contributed by atoms with Gasteiger partial charge in [-0.3, -0.25) is 9.59 Å². The summed E-state index contributed by atoms with van der Waals surface area (Å²) in [7, 11) is 1.52. The normalized spacial score (nSPS) is 11.7. The first kappa shape index (κ1) is 16.6. The summed E-state index contributed by atoms with van der Waals surface area (Å²) >= 11 is 0. The summed E-state index contributed by atoms with van der Waals surface area (Å²) in [6.45, 7) is 0.506. The van der Waals surface area contributed by atoms with E-state index in [4.69, 9.17) is 14.2 Å². The molecule has 25 heavy (non-hydrogen) atoms. The van der Waals surface area contributed by atoms with Gasteiger partial charge >= 0.3 is 0 Å². The molecule has 0 spiro atoms. The molecule has 7 heteroatoms. The van der Waals surface area contributed by atoms with Gasteiger partial charge in [0.05, 0.1) is 12.8 Å². The molecule has 0 aliphatic carbocycles. The molecule has 0 fully saturated rings. The van der Waals surface area contributed by atoms with E-state index >= 15 is 0 Å². The second kappa shape index (κ2) is 7.57. The molecular formula is C18H18N2O5. The molecule has 0 radical (unpaired) electrons. The number of anilines is 1. The molecule has 0 unspecified atom stereocenters. The van der Waals surface area contributed by atoms with Gasteiger partial charge in [-0.05, 0) is 29.8 Å². The van der Waals surface area contributed by atoms with E-state index in [1.807, 2.05) is 6.07 Å². The average molecular weight is 342 g/mol. The summed E-state index contributed by atoms with van der Waals surface area (Å²) in [6.07, 6.45) is -0.275. The van der Waals surface area contributed by atoms with E-state index in [1.165, 1.54) is 7.11 Å². The third-order valence-electron chi connectivity index (χ3n) is 3.63. The first-order chi connectivity index (χ1) is 12.2. The number of ether oxygens (including phenoxy) is 3. The van der Waals surface area contributed by atoms with Crippen molar-refractivity contribution < 1.29 is 23.8 Å². The van der Waals surface area contributed by atoms with Crippen LogP contribution in [0.1, 0.15) is 12.0 Å². The zero-order chi connectivity index (χ0) is 17.6. The van der Waals surface area contributed by atoms with Crippen LogP contribution in [0.4, 0.5) is 5.69 Å². The van der Waals surface area contributed by atoms with E-state index in [2.05, 4.69) is 10.6 Å². The number of carbonyl (C=O) groups is 2. The van der Waals surface area contributed by atoms with E-state index in [0.717, 1.165) is 5.56 Å². The highest BCUT2D eigenvalue weighted by Crippen LogP contribution is 2.32. The van der Waals surface area contributed by atoms with Gasteiger partial charge in [0.2, 0.25) is 18.6 Å². The lowest BCUT2D eigenvalue weighted by Crippen LogP contribution is -2.27. The summed E-state index contributed by atoms with van der Waals surface area (Å²) in [5.41, 5.74) is 1.39. The molecule has 2 amide bonds. The van der Waals surface area contributed by atoms with Crippen molar-refractivity contribution in [3.63, 3.8) is 0 Å². The number of amides is 2.